The van der Waals surface area contributed by atoms with E-state index in [0.29, 0.717) is 3.57 Å². The first kappa shape index (κ1) is 22.2. The van der Waals surface area contributed by atoms with Crippen molar-refractivity contribution in [3.05, 3.63) is 58.7 Å². The molecule has 1 amide bonds. The molecule has 0 bridgehead atoms. The van der Waals surface area contributed by atoms with Crippen LogP contribution >= 0.6 is 57.4 Å². The minimum absolute atomic E-state index is 0.00650. The number of benzene rings is 2. The lowest BCUT2D eigenvalue weighted by Crippen LogP contribution is -2.34. The monoisotopic (exact) mass is 627 g/mol. The molecule has 146 valence electrons. The summed E-state index contributed by atoms with van der Waals surface area (Å²) >= 11 is 9.03. The zero-order chi connectivity index (χ0) is 21.0. The molecule has 0 saturated carbocycles. The lowest BCUT2D eigenvalue weighted by molar-refractivity contribution is -0.385. The quantitative estimate of drug-likeness (QED) is 0.199. The summed E-state index contributed by atoms with van der Waals surface area (Å²) in [5.41, 5.74) is -0.144. The van der Waals surface area contributed by atoms with Crippen molar-refractivity contribution in [2.45, 2.75) is 0 Å². The number of carbonyl (C=O) groups excluding carboxylic acids is 1. The number of carboxylic acids is 1. The van der Waals surface area contributed by atoms with Crippen molar-refractivity contribution in [3.63, 3.8) is 0 Å². The van der Waals surface area contributed by atoms with Crippen LogP contribution in [0.1, 0.15) is 20.7 Å². The van der Waals surface area contributed by atoms with Crippen molar-refractivity contribution in [3.8, 4) is 5.75 Å². The van der Waals surface area contributed by atoms with E-state index in [0.717, 1.165) is 9.64 Å². The minimum Gasteiger partial charge on any atom is -0.490 e. The molecule has 0 fully saturated rings. The number of nitro groups is 1. The topological polar surface area (TPSA) is 131 Å². The Morgan fingerprint density at radius 1 is 1.25 bits per heavy atom. The highest BCUT2D eigenvalue weighted by Gasteiger charge is 2.20. The fourth-order valence-electron chi connectivity index (χ4n) is 2.16. The van der Waals surface area contributed by atoms with Crippen LogP contribution < -0.4 is 15.4 Å². The maximum Gasteiger partial charge on any atom is 0.337 e. The molecule has 0 aliphatic rings. The van der Waals surface area contributed by atoms with Gasteiger partial charge in [0.25, 0.3) is 5.91 Å². The molecule has 0 unspecified atom stereocenters. The van der Waals surface area contributed by atoms with Crippen LogP contribution in [0.15, 0.2) is 30.3 Å². The number of ether oxygens (including phenoxy) is 1. The van der Waals surface area contributed by atoms with Gasteiger partial charge in [0.15, 0.2) is 10.9 Å². The number of hydrogen-bond donors (Lipinski definition) is 3. The second kappa shape index (κ2) is 9.42. The minimum atomic E-state index is -1.15. The largest absolute Gasteiger partial charge is 0.490 e. The summed E-state index contributed by atoms with van der Waals surface area (Å²) < 4.78 is 6.21. The number of carbonyl (C=O) groups is 2. The number of carboxylic acid groups (broad SMARTS) is 1. The molecule has 0 saturated heterocycles. The Labute approximate surface area is 191 Å². The molecule has 28 heavy (non-hydrogen) atoms. The van der Waals surface area contributed by atoms with Crippen LogP contribution in [-0.4, -0.2) is 34.1 Å². The van der Waals surface area contributed by atoms with Gasteiger partial charge < -0.3 is 15.2 Å². The summed E-state index contributed by atoms with van der Waals surface area (Å²) in [6.07, 6.45) is 0. The Morgan fingerprint density at radius 3 is 2.50 bits per heavy atom. The average molecular weight is 627 g/mol. The summed E-state index contributed by atoms with van der Waals surface area (Å²) in [5.74, 6) is -1.83. The predicted molar refractivity (Wildman–Crippen MR) is 122 cm³/mol. The number of aromatic carboxylic acids is 1. The van der Waals surface area contributed by atoms with Crippen LogP contribution in [0, 0.1) is 17.3 Å². The third-order valence-electron chi connectivity index (χ3n) is 3.39. The van der Waals surface area contributed by atoms with Gasteiger partial charge in [-0.2, -0.15) is 0 Å². The fourth-order valence-corrected chi connectivity index (χ4v) is 4.34. The van der Waals surface area contributed by atoms with Crippen molar-refractivity contribution in [1.82, 2.24) is 5.32 Å². The highest BCUT2D eigenvalue weighted by Crippen LogP contribution is 2.28. The summed E-state index contributed by atoms with van der Waals surface area (Å²) in [6.45, 7) is 0. The van der Waals surface area contributed by atoms with E-state index in [4.69, 9.17) is 17.0 Å². The lowest BCUT2D eigenvalue weighted by Gasteiger charge is -2.14. The van der Waals surface area contributed by atoms with Crippen molar-refractivity contribution >= 4 is 85.8 Å². The normalized spacial score (nSPS) is 10.1. The number of nitrogens with zero attached hydrogens (tertiary/aromatic N) is 1. The van der Waals surface area contributed by atoms with E-state index in [9.17, 15) is 24.8 Å². The third kappa shape index (κ3) is 5.26. The number of methoxy groups -OCH3 is 1. The van der Waals surface area contributed by atoms with E-state index >= 15 is 0 Å². The molecule has 0 spiro atoms. The summed E-state index contributed by atoms with van der Waals surface area (Å²) in [6, 6.07) is 6.92. The standard InChI is InChI=1S/C16H11I2N3O6S/c1-27-12-3-2-7(4-11(12)21(25)26)14(22)20-16(28)19-13-9(15(23)24)5-8(17)6-10(13)18/h2-6H,1H3,(H,23,24)(H2,19,20,22,28). The fraction of sp³-hybridized carbons (Fsp3) is 0.0625. The third-order valence-corrected chi connectivity index (χ3v) is 5.07. The molecule has 9 nitrogen and oxygen atoms in total. The van der Waals surface area contributed by atoms with E-state index in [1.807, 2.05) is 45.2 Å². The predicted octanol–water partition coefficient (Wildman–Crippen LogP) is 3.64. The second-order valence-corrected chi connectivity index (χ2v) is 7.98. The first-order chi connectivity index (χ1) is 13.1. The highest BCUT2D eigenvalue weighted by atomic mass is 127. The number of nitro benzene ring substituents is 1. The maximum absolute atomic E-state index is 12.4. The average Bonchev–Trinajstić information content (AvgIpc) is 2.62. The van der Waals surface area contributed by atoms with Gasteiger partial charge in [0.05, 0.1) is 23.3 Å². The molecule has 0 atom stereocenters. The van der Waals surface area contributed by atoms with Crippen LogP contribution in [0.4, 0.5) is 11.4 Å². The number of amides is 1. The van der Waals surface area contributed by atoms with Gasteiger partial charge in [-0.05, 0) is 81.7 Å². The number of anilines is 1. The highest BCUT2D eigenvalue weighted by molar-refractivity contribution is 14.1. The number of hydrogen-bond acceptors (Lipinski definition) is 6. The van der Waals surface area contributed by atoms with Gasteiger partial charge in [0.1, 0.15) is 0 Å². The molecule has 0 aliphatic heterocycles. The van der Waals surface area contributed by atoms with E-state index < -0.39 is 16.8 Å². The lowest BCUT2D eigenvalue weighted by atomic mass is 10.1. The number of nitrogens with one attached hydrogen (secondary N) is 2. The van der Waals surface area contributed by atoms with E-state index in [2.05, 4.69) is 10.6 Å². The zero-order valence-corrected chi connectivity index (χ0v) is 19.1. The molecular formula is C16H11I2N3O6S. The Kier molecular flexibility index (Phi) is 7.48. The van der Waals surface area contributed by atoms with Gasteiger partial charge >= 0.3 is 11.7 Å². The SMILES string of the molecule is COc1ccc(C(=O)NC(=S)Nc2c(I)cc(I)cc2C(=O)O)cc1[N+](=O)[O-]. The van der Waals surface area contributed by atoms with Gasteiger partial charge in [0, 0.05) is 18.8 Å². The van der Waals surface area contributed by atoms with Gasteiger partial charge in [-0.1, -0.05) is 0 Å². The molecule has 2 aromatic rings. The maximum atomic E-state index is 12.4. The van der Waals surface area contributed by atoms with Gasteiger partial charge in [-0.25, -0.2) is 4.79 Å². The van der Waals surface area contributed by atoms with E-state index in [1.165, 1.54) is 25.3 Å². The number of rotatable bonds is 5. The molecule has 12 heteroatoms. The Morgan fingerprint density at radius 2 is 1.93 bits per heavy atom. The first-order valence-corrected chi connectivity index (χ1v) is 9.87. The van der Waals surface area contributed by atoms with Crippen LogP contribution in [0.5, 0.6) is 5.75 Å². The molecule has 0 heterocycles. The van der Waals surface area contributed by atoms with Crippen LogP contribution in [0.2, 0.25) is 0 Å². The number of thiocarbonyl (C=S) groups is 1. The van der Waals surface area contributed by atoms with Gasteiger partial charge in [-0.3, -0.25) is 20.2 Å². The van der Waals surface area contributed by atoms with Crippen molar-refractivity contribution in [2.24, 2.45) is 0 Å². The summed E-state index contributed by atoms with van der Waals surface area (Å²) in [4.78, 5) is 34.2. The summed E-state index contributed by atoms with van der Waals surface area (Å²) in [7, 11) is 1.28. The molecule has 2 aromatic carbocycles. The molecule has 3 N–H and O–H groups in total. The van der Waals surface area contributed by atoms with Crippen LogP contribution in [0.3, 0.4) is 0 Å². The van der Waals surface area contributed by atoms with E-state index in [-0.39, 0.29) is 33.4 Å². The summed E-state index contributed by atoms with van der Waals surface area (Å²) in [5, 5.41) is 25.4. The zero-order valence-electron chi connectivity index (χ0n) is 14.0. The molecule has 0 aliphatic carbocycles. The van der Waals surface area contributed by atoms with Crippen LogP contribution in [-0.2, 0) is 0 Å². The van der Waals surface area contributed by atoms with Crippen LogP contribution in [0.25, 0.3) is 0 Å². The van der Waals surface area contributed by atoms with Gasteiger partial charge in [0.2, 0.25) is 0 Å². The van der Waals surface area contributed by atoms with Crippen molar-refractivity contribution in [1.29, 1.82) is 0 Å². The van der Waals surface area contributed by atoms with Crippen molar-refractivity contribution in [2.75, 3.05) is 12.4 Å². The Hall–Kier alpha value is -2.07. The molecule has 0 radical (unpaired) electrons. The van der Waals surface area contributed by atoms with Crippen molar-refractivity contribution < 1.29 is 24.4 Å². The first-order valence-electron chi connectivity index (χ1n) is 7.31. The molecule has 0 aromatic heterocycles. The number of halogens is 2. The molecular weight excluding hydrogens is 616 g/mol. The second-order valence-electron chi connectivity index (χ2n) is 5.17. The Balaban J connectivity index is 2.23. The van der Waals surface area contributed by atoms with E-state index in [1.54, 1.807) is 6.07 Å². The Bertz CT molecular complexity index is 999. The smallest absolute Gasteiger partial charge is 0.337 e. The molecule has 2 rings (SSSR count). The van der Waals surface area contributed by atoms with Gasteiger partial charge in [-0.15, -0.1) is 0 Å².